The van der Waals surface area contributed by atoms with E-state index in [1.807, 2.05) is 11.4 Å². The molecule has 0 aromatic carbocycles. The lowest BCUT2D eigenvalue weighted by Gasteiger charge is -1.97. The Morgan fingerprint density at radius 2 is 2.50 bits per heavy atom. The first-order chi connectivity index (χ1) is 7.79. The third kappa shape index (κ3) is 2.49. The van der Waals surface area contributed by atoms with Crippen LogP contribution in [-0.4, -0.2) is 17.6 Å². The van der Waals surface area contributed by atoms with E-state index in [-0.39, 0.29) is 12.4 Å². The van der Waals surface area contributed by atoms with Crippen LogP contribution in [0.3, 0.4) is 0 Å². The second-order valence-electron chi connectivity index (χ2n) is 3.12. The molecule has 0 atom stereocenters. The van der Waals surface area contributed by atoms with Crippen molar-refractivity contribution in [3.8, 4) is 11.3 Å². The maximum Gasteiger partial charge on any atom is 0.312 e. The summed E-state index contributed by atoms with van der Waals surface area (Å²) < 4.78 is 9.83. The number of nitrogens with zero attached hydrogens (tertiary/aromatic N) is 1. The Hall–Kier alpha value is -1.62. The number of carbonyl (C=O) groups is 1. The summed E-state index contributed by atoms with van der Waals surface area (Å²) in [7, 11) is 0. The van der Waals surface area contributed by atoms with E-state index in [2.05, 4.69) is 4.98 Å². The summed E-state index contributed by atoms with van der Waals surface area (Å²) in [5.74, 6) is -0.240. The maximum absolute atomic E-state index is 11.2. The van der Waals surface area contributed by atoms with Gasteiger partial charge in [-0.15, -0.1) is 11.3 Å². The molecule has 0 radical (unpaired) electrons. The number of hydrogen-bond donors (Lipinski definition) is 0. The lowest BCUT2D eigenvalue weighted by Crippen LogP contribution is -2.07. The van der Waals surface area contributed by atoms with E-state index in [0.717, 1.165) is 16.3 Å². The molecule has 2 aromatic heterocycles. The average molecular weight is 237 g/mol. The molecule has 2 heterocycles. The van der Waals surface area contributed by atoms with Crippen molar-refractivity contribution in [3.05, 3.63) is 29.0 Å². The minimum atomic E-state index is -0.240. The van der Waals surface area contributed by atoms with E-state index in [1.165, 1.54) is 11.3 Å². The molecule has 0 amide bonds. The van der Waals surface area contributed by atoms with Gasteiger partial charge in [0.05, 0.1) is 31.2 Å². The summed E-state index contributed by atoms with van der Waals surface area (Å²) in [5.41, 5.74) is 1.75. The monoisotopic (exact) mass is 237 g/mol. The second kappa shape index (κ2) is 4.94. The van der Waals surface area contributed by atoms with Gasteiger partial charge in [-0.25, -0.2) is 4.98 Å². The van der Waals surface area contributed by atoms with Crippen LogP contribution in [-0.2, 0) is 16.0 Å². The van der Waals surface area contributed by atoms with Crippen molar-refractivity contribution in [1.82, 2.24) is 4.98 Å². The predicted octanol–water partition coefficient (Wildman–Crippen LogP) is 2.51. The van der Waals surface area contributed by atoms with Crippen LogP contribution in [0.15, 0.2) is 28.4 Å². The van der Waals surface area contributed by atoms with Gasteiger partial charge in [0.15, 0.2) is 0 Å². The van der Waals surface area contributed by atoms with Gasteiger partial charge in [-0.2, -0.15) is 0 Å². The zero-order chi connectivity index (χ0) is 11.4. The highest BCUT2D eigenvalue weighted by Gasteiger charge is 2.09. The van der Waals surface area contributed by atoms with Crippen LogP contribution < -0.4 is 0 Å². The molecular weight excluding hydrogens is 226 g/mol. The molecule has 5 heteroatoms. The highest BCUT2D eigenvalue weighted by Crippen LogP contribution is 2.22. The smallest absolute Gasteiger partial charge is 0.312 e. The van der Waals surface area contributed by atoms with Gasteiger partial charge in [0.25, 0.3) is 0 Å². The van der Waals surface area contributed by atoms with Crippen molar-refractivity contribution in [1.29, 1.82) is 0 Å². The fraction of sp³-hybridized carbons (Fsp3) is 0.273. The Bertz CT molecular complexity index is 461. The van der Waals surface area contributed by atoms with E-state index in [9.17, 15) is 4.79 Å². The van der Waals surface area contributed by atoms with E-state index in [1.54, 1.807) is 19.5 Å². The van der Waals surface area contributed by atoms with Crippen LogP contribution in [0.4, 0.5) is 0 Å². The molecule has 0 saturated heterocycles. The Balaban J connectivity index is 2.06. The molecule has 0 unspecified atom stereocenters. The van der Waals surface area contributed by atoms with Crippen LogP contribution in [0.5, 0.6) is 0 Å². The van der Waals surface area contributed by atoms with Gasteiger partial charge in [0.2, 0.25) is 0 Å². The largest absolute Gasteiger partial charge is 0.472 e. The number of ether oxygens (including phenoxy) is 1. The first-order valence-corrected chi connectivity index (χ1v) is 5.80. The summed E-state index contributed by atoms with van der Waals surface area (Å²) in [6.07, 6.45) is 3.46. The molecule has 0 aliphatic rings. The minimum Gasteiger partial charge on any atom is -0.472 e. The van der Waals surface area contributed by atoms with E-state index < -0.39 is 0 Å². The lowest BCUT2D eigenvalue weighted by molar-refractivity contribution is -0.142. The van der Waals surface area contributed by atoms with Gasteiger partial charge in [0, 0.05) is 10.9 Å². The SMILES string of the molecule is CCOC(=O)Cc1nc(-c2ccoc2)cs1. The molecule has 2 rings (SSSR count). The Labute approximate surface area is 96.9 Å². The lowest BCUT2D eigenvalue weighted by atomic mass is 10.3. The average Bonchev–Trinajstić information content (AvgIpc) is 2.86. The number of furan rings is 1. The van der Waals surface area contributed by atoms with Gasteiger partial charge in [-0.05, 0) is 13.0 Å². The number of hydrogen-bond acceptors (Lipinski definition) is 5. The van der Waals surface area contributed by atoms with Gasteiger partial charge >= 0.3 is 5.97 Å². The molecule has 0 N–H and O–H groups in total. The van der Waals surface area contributed by atoms with Crippen molar-refractivity contribution in [3.63, 3.8) is 0 Å². The first-order valence-electron chi connectivity index (χ1n) is 4.92. The van der Waals surface area contributed by atoms with Crippen LogP contribution in [0, 0.1) is 0 Å². The Kier molecular flexibility index (Phi) is 3.36. The Morgan fingerprint density at radius 3 is 3.19 bits per heavy atom. The molecule has 84 valence electrons. The summed E-state index contributed by atoms with van der Waals surface area (Å²) in [5, 5.41) is 2.66. The fourth-order valence-corrected chi connectivity index (χ4v) is 2.06. The standard InChI is InChI=1S/C11H11NO3S/c1-2-15-11(13)5-10-12-9(7-16-10)8-3-4-14-6-8/h3-4,6-7H,2,5H2,1H3. The van der Waals surface area contributed by atoms with Crippen molar-refractivity contribution in [2.45, 2.75) is 13.3 Å². The second-order valence-corrected chi connectivity index (χ2v) is 4.06. The highest BCUT2D eigenvalue weighted by molar-refractivity contribution is 7.10. The molecule has 2 aromatic rings. The quantitative estimate of drug-likeness (QED) is 0.767. The van der Waals surface area contributed by atoms with Gasteiger partial charge < -0.3 is 9.15 Å². The molecule has 0 bridgehead atoms. The summed E-state index contributed by atoms with van der Waals surface area (Å²) in [4.78, 5) is 15.6. The van der Waals surface area contributed by atoms with Gasteiger partial charge in [0.1, 0.15) is 5.01 Å². The van der Waals surface area contributed by atoms with E-state index >= 15 is 0 Å². The third-order valence-corrected chi connectivity index (χ3v) is 2.82. The summed E-state index contributed by atoms with van der Waals surface area (Å²) in [6.45, 7) is 2.19. The van der Waals surface area contributed by atoms with E-state index in [4.69, 9.17) is 9.15 Å². The number of esters is 1. The maximum atomic E-state index is 11.2. The summed E-state index contributed by atoms with van der Waals surface area (Å²) in [6, 6.07) is 1.84. The van der Waals surface area contributed by atoms with E-state index in [0.29, 0.717) is 6.61 Å². The van der Waals surface area contributed by atoms with Crippen LogP contribution in [0.1, 0.15) is 11.9 Å². The van der Waals surface area contributed by atoms with Gasteiger partial charge in [-0.3, -0.25) is 4.79 Å². The topological polar surface area (TPSA) is 52.3 Å². The zero-order valence-electron chi connectivity index (χ0n) is 8.80. The van der Waals surface area contributed by atoms with Crippen molar-refractivity contribution >= 4 is 17.3 Å². The molecule has 16 heavy (non-hydrogen) atoms. The number of rotatable bonds is 4. The molecule has 0 fully saturated rings. The van der Waals surface area contributed by atoms with Gasteiger partial charge in [-0.1, -0.05) is 0 Å². The predicted molar refractivity (Wildman–Crippen MR) is 60.2 cm³/mol. The van der Waals surface area contributed by atoms with Crippen LogP contribution in [0.2, 0.25) is 0 Å². The normalized spacial score (nSPS) is 10.3. The van der Waals surface area contributed by atoms with Crippen molar-refractivity contribution < 1.29 is 13.9 Å². The molecule has 0 aliphatic carbocycles. The number of aromatic nitrogens is 1. The zero-order valence-corrected chi connectivity index (χ0v) is 9.62. The minimum absolute atomic E-state index is 0.232. The molecule has 0 aliphatic heterocycles. The molecule has 4 nitrogen and oxygen atoms in total. The molecule has 0 saturated carbocycles. The van der Waals surface area contributed by atoms with Crippen LogP contribution >= 0.6 is 11.3 Å². The Morgan fingerprint density at radius 1 is 1.62 bits per heavy atom. The fourth-order valence-electron chi connectivity index (χ4n) is 1.27. The highest BCUT2D eigenvalue weighted by atomic mass is 32.1. The molecule has 0 spiro atoms. The molecular formula is C11H11NO3S. The third-order valence-electron chi connectivity index (χ3n) is 1.97. The van der Waals surface area contributed by atoms with Crippen molar-refractivity contribution in [2.24, 2.45) is 0 Å². The summed E-state index contributed by atoms with van der Waals surface area (Å²) >= 11 is 1.45. The number of carbonyl (C=O) groups excluding carboxylic acids is 1. The first kappa shape index (κ1) is 10.9. The van der Waals surface area contributed by atoms with Crippen LogP contribution in [0.25, 0.3) is 11.3 Å². The van der Waals surface area contributed by atoms with Crippen molar-refractivity contribution in [2.75, 3.05) is 6.61 Å². The number of thiazole rings is 1.